The number of rotatable bonds is 3. The van der Waals surface area contributed by atoms with Crippen LogP contribution < -0.4 is 0 Å². The van der Waals surface area contributed by atoms with Crippen molar-refractivity contribution in [2.75, 3.05) is 0 Å². The third-order valence-corrected chi connectivity index (χ3v) is 8.44. The van der Waals surface area contributed by atoms with Crippen LogP contribution in [-0.4, -0.2) is 9.13 Å². The van der Waals surface area contributed by atoms with E-state index in [0.717, 1.165) is 10.2 Å². The number of para-hydroxylation sites is 3. The number of halogens is 1. The van der Waals surface area contributed by atoms with Crippen LogP contribution in [0.25, 0.3) is 66.1 Å². The van der Waals surface area contributed by atoms with E-state index in [1.807, 2.05) is 0 Å². The van der Waals surface area contributed by atoms with Crippen molar-refractivity contribution < 1.29 is 0 Å². The lowest BCUT2D eigenvalue weighted by atomic mass is 10.0. The Labute approximate surface area is 234 Å². The van der Waals surface area contributed by atoms with Gasteiger partial charge in [-0.3, -0.25) is 0 Å². The molecule has 3 heteroatoms. The summed E-state index contributed by atoms with van der Waals surface area (Å²) in [4.78, 5) is 0. The van der Waals surface area contributed by atoms with Gasteiger partial charge in [0, 0.05) is 37.4 Å². The van der Waals surface area contributed by atoms with E-state index in [4.69, 9.17) is 0 Å². The van der Waals surface area contributed by atoms with E-state index in [-0.39, 0.29) is 0 Å². The minimum absolute atomic E-state index is 1.11. The Hall–Kier alpha value is -4.60. The van der Waals surface area contributed by atoms with Gasteiger partial charge in [-0.05, 0) is 65.7 Å². The van der Waals surface area contributed by atoms with Gasteiger partial charge in [-0.1, -0.05) is 101 Å². The molecular formula is C36H23BrN2. The van der Waals surface area contributed by atoms with E-state index < -0.39 is 0 Å². The zero-order valence-electron chi connectivity index (χ0n) is 21.1. The summed E-state index contributed by atoms with van der Waals surface area (Å²) in [6, 6.07) is 50.1. The maximum atomic E-state index is 3.83. The highest BCUT2D eigenvalue weighted by molar-refractivity contribution is 9.10. The number of nitrogens with zero attached hydrogens (tertiary/aromatic N) is 2. The molecule has 0 spiro atoms. The van der Waals surface area contributed by atoms with Crippen LogP contribution in [0.1, 0.15) is 0 Å². The fourth-order valence-corrected chi connectivity index (χ4v) is 6.63. The number of hydrogen-bond acceptors (Lipinski definition) is 0. The summed E-state index contributed by atoms with van der Waals surface area (Å²) in [6.45, 7) is 0. The van der Waals surface area contributed by atoms with Crippen LogP contribution in [0.2, 0.25) is 0 Å². The summed E-state index contributed by atoms with van der Waals surface area (Å²) in [6.07, 6.45) is 0. The zero-order chi connectivity index (χ0) is 25.9. The molecule has 0 radical (unpaired) electrons. The Morgan fingerprint density at radius 1 is 0.385 bits per heavy atom. The first-order valence-corrected chi connectivity index (χ1v) is 13.9. The minimum atomic E-state index is 1.11. The van der Waals surface area contributed by atoms with Crippen molar-refractivity contribution in [1.29, 1.82) is 0 Å². The number of fused-ring (bicyclic) bond motifs is 6. The highest BCUT2D eigenvalue weighted by atomic mass is 79.9. The van der Waals surface area contributed by atoms with Crippen LogP contribution in [0.3, 0.4) is 0 Å². The average Bonchev–Trinajstić information content (AvgIpc) is 3.51. The standard InChI is InChI=1S/C36H23BrN2/c37-31-15-9-17-33-36(31)30-21-19-25(23-35(30)39(33)27-12-5-2-6-13-27)24-18-20-29-28-14-7-8-16-32(28)38(34(29)22-24)26-10-3-1-4-11-26/h1-23H. The van der Waals surface area contributed by atoms with E-state index >= 15 is 0 Å². The molecule has 2 nitrogen and oxygen atoms in total. The molecule has 184 valence electrons. The normalized spacial score (nSPS) is 11.7. The Balaban J connectivity index is 1.41. The second-order valence-corrected chi connectivity index (χ2v) is 10.8. The average molecular weight is 563 g/mol. The summed E-state index contributed by atoms with van der Waals surface area (Å²) in [5.74, 6) is 0. The lowest BCUT2D eigenvalue weighted by Gasteiger charge is -2.10. The van der Waals surface area contributed by atoms with Gasteiger partial charge in [0.25, 0.3) is 0 Å². The fourth-order valence-electron chi connectivity index (χ4n) is 6.06. The van der Waals surface area contributed by atoms with E-state index in [0.29, 0.717) is 0 Å². The van der Waals surface area contributed by atoms with Crippen LogP contribution in [0.15, 0.2) is 144 Å². The number of aromatic nitrogens is 2. The first-order chi connectivity index (χ1) is 19.3. The number of hydrogen-bond donors (Lipinski definition) is 0. The van der Waals surface area contributed by atoms with E-state index in [2.05, 4.69) is 165 Å². The molecule has 0 unspecified atom stereocenters. The molecule has 0 atom stereocenters. The maximum absolute atomic E-state index is 3.83. The van der Waals surface area contributed by atoms with E-state index in [1.165, 1.54) is 60.4 Å². The van der Waals surface area contributed by atoms with Gasteiger partial charge in [-0.15, -0.1) is 0 Å². The van der Waals surface area contributed by atoms with Crippen LogP contribution in [0.5, 0.6) is 0 Å². The molecule has 2 heterocycles. The van der Waals surface area contributed by atoms with Crippen molar-refractivity contribution in [1.82, 2.24) is 9.13 Å². The molecular weight excluding hydrogens is 540 g/mol. The quantitative estimate of drug-likeness (QED) is 0.202. The summed E-state index contributed by atoms with van der Waals surface area (Å²) in [5.41, 5.74) is 9.56. The summed E-state index contributed by atoms with van der Waals surface area (Å²) < 4.78 is 5.87. The van der Waals surface area contributed by atoms with Crippen molar-refractivity contribution in [3.63, 3.8) is 0 Å². The minimum Gasteiger partial charge on any atom is -0.309 e. The van der Waals surface area contributed by atoms with Crippen molar-refractivity contribution in [2.45, 2.75) is 0 Å². The molecule has 0 fully saturated rings. The van der Waals surface area contributed by atoms with Gasteiger partial charge < -0.3 is 9.13 Å². The molecule has 6 aromatic carbocycles. The lowest BCUT2D eigenvalue weighted by Crippen LogP contribution is -1.94. The van der Waals surface area contributed by atoms with Crippen LogP contribution in [0.4, 0.5) is 0 Å². The number of benzene rings is 6. The highest BCUT2D eigenvalue weighted by Gasteiger charge is 2.17. The molecule has 39 heavy (non-hydrogen) atoms. The molecule has 0 saturated heterocycles. The van der Waals surface area contributed by atoms with Crippen LogP contribution >= 0.6 is 15.9 Å². The van der Waals surface area contributed by atoms with Crippen molar-refractivity contribution in [3.05, 3.63) is 144 Å². The molecule has 0 aliphatic heterocycles. The van der Waals surface area contributed by atoms with Crippen LogP contribution in [-0.2, 0) is 0 Å². The largest absolute Gasteiger partial charge is 0.309 e. The van der Waals surface area contributed by atoms with Gasteiger partial charge >= 0.3 is 0 Å². The van der Waals surface area contributed by atoms with Crippen molar-refractivity contribution in [3.8, 4) is 22.5 Å². The molecule has 2 aromatic heterocycles. The first kappa shape index (κ1) is 22.4. The second-order valence-electron chi connectivity index (χ2n) is 9.96. The maximum Gasteiger partial charge on any atom is 0.0552 e. The molecule has 0 aliphatic rings. The van der Waals surface area contributed by atoms with E-state index in [1.54, 1.807) is 0 Å². The van der Waals surface area contributed by atoms with Crippen LogP contribution in [0, 0.1) is 0 Å². The topological polar surface area (TPSA) is 9.86 Å². The van der Waals surface area contributed by atoms with Gasteiger partial charge in [-0.25, -0.2) is 0 Å². The zero-order valence-corrected chi connectivity index (χ0v) is 22.6. The molecule has 0 bridgehead atoms. The summed E-state index contributed by atoms with van der Waals surface area (Å²) in [5, 5.41) is 5.01. The molecule has 8 rings (SSSR count). The summed E-state index contributed by atoms with van der Waals surface area (Å²) >= 11 is 3.83. The highest BCUT2D eigenvalue weighted by Crippen LogP contribution is 2.39. The SMILES string of the molecule is Brc1cccc2c1c1ccc(-c3ccc4c5ccccc5n(-c5ccccc5)c4c3)cc1n2-c1ccccc1. The molecule has 0 aliphatic carbocycles. The molecule has 8 aromatic rings. The van der Waals surface area contributed by atoms with Crippen molar-refractivity contribution in [2.24, 2.45) is 0 Å². The van der Waals surface area contributed by atoms with Gasteiger partial charge in [0.05, 0.1) is 22.1 Å². The third kappa shape index (κ3) is 3.40. The predicted molar refractivity (Wildman–Crippen MR) is 168 cm³/mol. The summed E-state index contributed by atoms with van der Waals surface area (Å²) in [7, 11) is 0. The third-order valence-electron chi connectivity index (χ3n) is 7.78. The van der Waals surface area contributed by atoms with Gasteiger partial charge in [0.1, 0.15) is 0 Å². The Kier molecular flexibility index (Phi) is 5.01. The lowest BCUT2D eigenvalue weighted by molar-refractivity contribution is 1.18. The van der Waals surface area contributed by atoms with Gasteiger partial charge in [-0.2, -0.15) is 0 Å². The van der Waals surface area contributed by atoms with E-state index in [9.17, 15) is 0 Å². The molecule has 0 amide bonds. The second kappa shape index (κ2) is 8.72. The first-order valence-electron chi connectivity index (χ1n) is 13.1. The monoisotopic (exact) mass is 562 g/mol. The predicted octanol–water partition coefficient (Wildman–Crippen LogP) is 10.3. The molecule has 0 N–H and O–H groups in total. The van der Waals surface area contributed by atoms with Crippen molar-refractivity contribution >= 4 is 59.5 Å². The molecule has 0 saturated carbocycles. The Morgan fingerprint density at radius 2 is 0.897 bits per heavy atom. The smallest absolute Gasteiger partial charge is 0.0552 e. The van der Waals surface area contributed by atoms with Gasteiger partial charge in [0.2, 0.25) is 0 Å². The van der Waals surface area contributed by atoms with Gasteiger partial charge in [0.15, 0.2) is 0 Å². The fraction of sp³-hybridized carbons (Fsp3) is 0. The Bertz CT molecular complexity index is 2170. The Morgan fingerprint density at radius 3 is 1.59 bits per heavy atom.